The number of hydrogen-bond donors (Lipinski definition) is 1. The lowest BCUT2D eigenvalue weighted by atomic mass is 10.1. The molecule has 2 amide bonds. The number of imidazole rings is 1. The van der Waals surface area contributed by atoms with E-state index in [0.29, 0.717) is 29.5 Å². The van der Waals surface area contributed by atoms with E-state index in [4.69, 9.17) is 14.2 Å². The van der Waals surface area contributed by atoms with Gasteiger partial charge in [0.25, 0.3) is 0 Å². The zero-order chi connectivity index (χ0) is 22.0. The van der Waals surface area contributed by atoms with Crippen LogP contribution < -0.4 is 24.4 Å². The molecule has 0 radical (unpaired) electrons. The molecule has 0 bridgehead atoms. The van der Waals surface area contributed by atoms with E-state index >= 15 is 0 Å². The molecule has 2 aromatic heterocycles. The summed E-state index contributed by atoms with van der Waals surface area (Å²) >= 11 is 0. The highest BCUT2D eigenvalue weighted by atomic mass is 16.5. The molecule has 0 spiro atoms. The SMILES string of the molecule is COc1cc(N2C[C@@H](C(=O)NCc3cn4ccccc4n3)CC2=O)cc(OC)c1OC. The number of methoxy groups -OCH3 is 3. The number of rotatable bonds is 7. The van der Waals surface area contributed by atoms with Crippen molar-refractivity contribution in [3.05, 3.63) is 48.4 Å². The molecular weight excluding hydrogens is 400 g/mol. The van der Waals surface area contributed by atoms with E-state index in [1.807, 2.05) is 35.0 Å². The van der Waals surface area contributed by atoms with Crippen LogP contribution in [-0.2, 0) is 16.1 Å². The Morgan fingerprint density at radius 2 is 1.90 bits per heavy atom. The molecule has 0 saturated carbocycles. The quantitative estimate of drug-likeness (QED) is 0.624. The highest BCUT2D eigenvalue weighted by molar-refractivity contribution is 6.00. The standard InChI is InChI=1S/C22H24N4O5/c1-29-17-9-16(10-18(30-2)21(17)31-3)26-12-14(8-20(26)27)22(28)23-11-15-13-25-7-5-4-6-19(25)24-15/h4-7,9-10,13-14H,8,11-12H2,1-3H3,(H,23,28)/t14-/m0/s1. The van der Waals surface area contributed by atoms with Crippen LogP contribution in [0, 0.1) is 5.92 Å². The number of carbonyl (C=O) groups is 2. The second kappa shape index (κ2) is 8.55. The second-order valence-corrected chi connectivity index (χ2v) is 7.21. The second-order valence-electron chi connectivity index (χ2n) is 7.21. The first-order chi connectivity index (χ1) is 15.0. The van der Waals surface area contributed by atoms with Crippen LogP contribution in [-0.4, -0.2) is 49.1 Å². The Labute approximate surface area is 179 Å². The first-order valence-electron chi connectivity index (χ1n) is 9.84. The number of nitrogens with zero attached hydrogens (tertiary/aromatic N) is 3. The van der Waals surface area contributed by atoms with Gasteiger partial charge in [0.1, 0.15) is 5.65 Å². The Hall–Kier alpha value is -3.75. The molecule has 9 heteroatoms. The number of ether oxygens (including phenoxy) is 3. The molecule has 1 fully saturated rings. The van der Waals surface area contributed by atoms with Gasteiger partial charge in [-0.2, -0.15) is 0 Å². The van der Waals surface area contributed by atoms with Crippen LogP contribution >= 0.6 is 0 Å². The first-order valence-corrected chi connectivity index (χ1v) is 9.84. The summed E-state index contributed by atoms with van der Waals surface area (Å²) in [6.45, 7) is 0.573. The molecule has 3 aromatic rings. The zero-order valence-electron chi connectivity index (χ0n) is 17.6. The van der Waals surface area contributed by atoms with Gasteiger partial charge in [-0.15, -0.1) is 0 Å². The monoisotopic (exact) mass is 424 g/mol. The van der Waals surface area contributed by atoms with Gasteiger partial charge < -0.3 is 28.8 Å². The van der Waals surface area contributed by atoms with Crippen molar-refractivity contribution in [1.29, 1.82) is 0 Å². The van der Waals surface area contributed by atoms with Gasteiger partial charge >= 0.3 is 0 Å². The van der Waals surface area contributed by atoms with Crippen LogP contribution in [0.4, 0.5) is 5.69 Å². The summed E-state index contributed by atoms with van der Waals surface area (Å²) in [5.74, 6) is 0.571. The molecule has 9 nitrogen and oxygen atoms in total. The van der Waals surface area contributed by atoms with Gasteiger partial charge in [0.05, 0.1) is 45.2 Å². The van der Waals surface area contributed by atoms with Crippen LogP contribution in [0.3, 0.4) is 0 Å². The third-order valence-electron chi connectivity index (χ3n) is 5.31. The minimum atomic E-state index is -0.455. The minimum absolute atomic E-state index is 0.133. The van der Waals surface area contributed by atoms with E-state index < -0.39 is 5.92 Å². The fourth-order valence-corrected chi connectivity index (χ4v) is 3.75. The molecule has 31 heavy (non-hydrogen) atoms. The van der Waals surface area contributed by atoms with Crippen molar-refractivity contribution in [3.8, 4) is 17.2 Å². The maximum absolute atomic E-state index is 12.7. The molecule has 4 rings (SSSR count). The summed E-state index contributed by atoms with van der Waals surface area (Å²) in [4.78, 5) is 31.4. The van der Waals surface area contributed by atoms with Crippen molar-refractivity contribution in [2.75, 3.05) is 32.8 Å². The number of amides is 2. The average molecular weight is 424 g/mol. The number of benzene rings is 1. The maximum Gasteiger partial charge on any atom is 0.227 e. The lowest BCUT2D eigenvalue weighted by molar-refractivity contribution is -0.126. The van der Waals surface area contributed by atoms with Crippen molar-refractivity contribution in [3.63, 3.8) is 0 Å². The van der Waals surface area contributed by atoms with Gasteiger partial charge in [-0.05, 0) is 12.1 Å². The molecule has 1 atom stereocenters. The predicted molar refractivity (Wildman–Crippen MR) is 114 cm³/mol. The smallest absolute Gasteiger partial charge is 0.227 e. The van der Waals surface area contributed by atoms with Crippen LogP contribution in [0.25, 0.3) is 5.65 Å². The van der Waals surface area contributed by atoms with Crippen LogP contribution in [0.2, 0.25) is 0 Å². The van der Waals surface area contributed by atoms with Crippen LogP contribution in [0.15, 0.2) is 42.7 Å². The molecule has 1 saturated heterocycles. The molecule has 1 aliphatic heterocycles. The third kappa shape index (κ3) is 3.98. The molecular formula is C22H24N4O5. The van der Waals surface area contributed by atoms with Crippen molar-refractivity contribution < 1.29 is 23.8 Å². The third-order valence-corrected chi connectivity index (χ3v) is 5.31. The molecule has 1 N–H and O–H groups in total. The van der Waals surface area contributed by atoms with E-state index in [1.165, 1.54) is 21.3 Å². The van der Waals surface area contributed by atoms with Gasteiger partial charge in [0, 0.05) is 37.5 Å². The summed E-state index contributed by atoms with van der Waals surface area (Å²) in [6.07, 6.45) is 3.91. The fraction of sp³-hybridized carbons (Fsp3) is 0.318. The van der Waals surface area contributed by atoms with Crippen molar-refractivity contribution in [2.24, 2.45) is 5.92 Å². The van der Waals surface area contributed by atoms with Gasteiger partial charge in [-0.1, -0.05) is 6.07 Å². The molecule has 1 aliphatic rings. The number of aromatic nitrogens is 2. The number of hydrogen-bond acceptors (Lipinski definition) is 6. The van der Waals surface area contributed by atoms with Crippen molar-refractivity contribution in [1.82, 2.24) is 14.7 Å². The number of nitrogens with one attached hydrogen (secondary N) is 1. The summed E-state index contributed by atoms with van der Waals surface area (Å²) < 4.78 is 18.0. The Bertz CT molecular complexity index is 1070. The number of fused-ring (bicyclic) bond motifs is 1. The molecule has 0 aliphatic carbocycles. The Balaban J connectivity index is 1.45. The van der Waals surface area contributed by atoms with Gasteiger partial charge in [-0.25, -0.2) is 4.98 Å². The molecule has 162 valence electrons. The number of anilines is 1. The lowest BCUT2D eigenvalue weighted by Gasteiger charge is -2.20. The lowest BCUT2D eigenvalue weighted by Crippen LogP contribution is -2.32. The van der Waals surface area contributed by atoms with Crippen LogP contribution in [0.1, 0.15) is 12.1 Å². The first kappa shape index (κ1) is 20.5. The highest BCUT2D eigenvalue weighted by Crippen LogP contribution is 2.42. The van der Waals surface area contributed by atoms with E-state index in [9.17, 15) is 9.59 Å². The van der Waals surface area contributed by atoms with E-state index in [-0.39, 0.29) is 24.8 Å². The molecule has 3 heterocycles. The van der Waals surface area contributed by atoms with Gasteiger partial charge in [0.2, 0.25) is 17.6 Å². The van der Waals surface area contributed by atoms with Gasteiger partial charge in [-0.3, -0.25) is 9.59 Å². The topological polar surface area (TPSA) is 94.4 Å². The zero-order valence-corrected chi connectivity index (χ0v) is 17.6. The minimum Gasteiger partial charge on any atom is -0.493 e. The largest absolute Gasteiger partial charge is 0.493 e. The summed E-state index contributed by atoms with van der Waals surface area (Å²) in [6, 6.07) is 9.13. The number of carbonyl (C=O) groups excluding carboxylic acids is 2. The molecule has 1 aromatic carbocycles. The van der Waals surface area contributed by atoms with Crippen LogP contribution in [0.5, 0.6) is 17.2 Å². The van der Waals surface area contributed by atoms with Crippen molar-refractivity contribution in [2.45, 2.75) is 13.0 Å². The fourth-order valence-electron chi connectivity index (χ4n) is 3.75. The van der Waals surface area contributed by atoms with E-state index in [0.717, 1.165) is 11.3 Å². The van der Waals surface area contributed by atoms with E-state index in [1.54, 1.807) is 17.0 Å². The summed E-state index contributed by atoms with van der Waals surface area (Å²) in [5.41, 5.74) is 2.16. The summed E-state index contributed by atoms with van der Waals surface area (Å²) in [5, 5.41) is 2.89. The highest BCUT2D eigenvalue weighted by Gasteiger charge is 2.36. The molecule has 0 unspecified atom stereocenters. The Morgan fingerprint density at radius 1 is 1.16 bits per heavy atom. The van der Waals surface area contributed by atoms with Gasteiger partial charge in [0.15, 0.2) is 11.5 Å². The predicted octanol–water partition coefficient (Wildman–Crippen LogP) is 2.03. The number of pyridine rings is 1. The van der Waals surface area contributed by atoms with Crippen molar-refractivity contribution >= 4 is 23.1 Å². The maximum atomic E-state index is 12.7. The summed E-state index contributed by atoms with van der Waals surface area (Å²) in [7, 11) is 4.55. The normalized spacial score (nSPS) is 15.9. The Kier molecular flexibility index (Phi) is 5.66. The average Bonchev–Trinajstić information content (AvgIpc) is 3.39. The van der Waals surface area contributed by atoms with E-state index in [2.05, 4.69) is 10.3 Å². The Morgan fingerprint density at radius 3 is 2.55 bits per heavy atom.